The molecular weight excluding hydrogens is 318 g/mol. The number of quaternary nitrogens is 1. The molecule has 0 aromatic heterocycles. The normalized spacial score (nSPS) is 12.3. The lowest BCUT2D eigenvalue weighted by Gasteiger charge is -2.42. The predicted octanol–water partition coefficient (Wildman–Crippen LogP) is 5.49. The molecule has 142 valence electrons. The van der Waals surface area contributed by atoms with E-state index in [1.54, 1.807) is 0 Å². The largest absolute Gasteiger partial charge is 0.376 e. The first kappa shape index (κ1) is 20.7. The number of rotatable bonds is 10. The van der Waals surface area contributed by atoms with Crippen molar-refractivity contribution in [3.63, 3.8) is 0 Å². The zero-order chi connectivity index (χ0) is 19.0. The van der Waals surface area contributed by atoms with Crippen LogP contribution >= 0.6 is 0 Å². The second-order valence-corrected chi connectivity index (χ2v) is 8.03. The highest BCUT2D eigenvalue weighted by atomic mass is 16.5. The van der Waals surface area contributed by atoms with Gasteiger partial charge in [0, 0.05) is 12.5 Å². The van der Waals surface area contributed by atoms with Crippen molar-refractivity contribution in [3.05, 3.63) is 71.8 Å². The molecule has 0 heterocycles. The Kier molecular flexibility index (Phi) is 7.86. The molecule has 0 aliphatic heterocycles. The highest BCUT2D eigenvalue weighted by molar-refractivity contribution is 5.32. The summed E-state index contributed by atoms with van der Waals surface area (Å²) in [5, 5.41) is 0. The van der Waals surface area contributed by atoms with Crippen molar-refractivity contribution < 1.29 is 9.22 Å². The maximum absolute atomic E-state index is 6.09. The Morgan fingerprint density at radius 3 is 1.62 bits per heavy atom. The summed E-state index contributed by atoms with van der Waals surface area (Å²) in [6.45, 7) is 11.9. The summed E-state index contributed by atoms with van der Waals surface area (Å²) in [5.41, 5.74) is 2.74. The highest BCUT2D eigenvalue weighted by Crippen LogP contribution is 2.27. The smallest absolute Gasteiger partial charge is 0.103 e. The lowest BCUT2D eigenvalue weighted by atomic mass is 9.89. The van der Waals surface area contributed by atoms with Crippen molar-refractivity contribution in [2.75, 3.05) is 26.8 Å². The third-order valence-corrected chi connectivity index (χ3v) is 6.03. The molecule has 0 fully saturated rings. The van der Waals surface area contributed by atoms with E-state index in [0.29, 0.717) is 18.0 Å². The van der Waals surface area contributed by atoms with E-state index in [1.807, 2.05) is 0 Å². The molecule has 0 aliphatic rings. The van der Waals surface area contributed by atoms with E-state index in [4.69, 9.17) is 4.74 Å². The molecule has 26 heavy (non-hydrogen) atoms. The molecule has 2 heteroatoms. The molecule has 2 rings (SSSR count). The lowest BCUT2D eigenvalue weighted by Crippen LogP contribution is -2.56. The van der Waals surface area contributed by atoms with E-state index in [0.717, 1.165) is 30.7 Å². The van der Waals surface area contributed by atoms with Crippen molar-refractivity contribution in [2.45, 2.75) is 52.1 Å². The number of nitrogens with zero attached hydrogens (tertiary/aromatic N) is 1. The number of likely N-dealkylation sites (N-methyl/N-ethyl adjacent to an activating group) is 1. The molecule has 0 bridgehead atoms. The fraction of sp³-hybridized carbons (Fsp3) is 0.500. The number of hydrogen-bond acceptors (Lipinski definition) is 1. The van der Waals surface area contributed by atoms with Crippen LogP contribution in [0.1, 0.15) is 51.2 Å². The maximum Gasteiger partial charge on any atom is 0.103 e. The van der Waals surface area contributed by atoms with Gasteiger partial charge in [-0.2, -0.15) is 0 Å². The van der Waals surface area contributed by atoms with Gasteiger partial charge in [0.2, 0.25) is 0 Å². The Morgan fingerprint density at radius 1 is 0.731 bits per heavy atom. The Hall–Kier alpha value is -1.64. The lowest BCUT2D eigenvalue weighted by molar-refractivity contribution is -0.949. The first-order valence-corrected chi connectivity index (χ1v) is 9.97. The number of benzene rings is 2. The van der Waals surface area contributed by atoms with E-state index < -0.39 is 0 Å². The van der Waals surface area contributed by atoms with Gasteiger partial charge in [-0.05, 0) is 45.2 Å². The average molecular weight is 355 g/mol. The standard InChI is InChI=1S/C24H36NO/c1-20(2)25(5,21(3)4)17-19-26-18-16-24(22-12-8-6-9-13-22)23-14-10-7-11-15-23/h6-15,20-21,24H,16-19H2,1-5H3/q+1. The monoisotopic (exact) mass is 354 g/mol. The Morgan fingerprint density at radius 2 is 1.19 bits per heavy atom. The van der Waals surface area contributed by atoms with E-state index in [-0.39, 0.29) is 0 Å². The fourth-order valence-corrected chi connectivity index (χ4v) is 3.57. The summed E-state index contributed by atoms with van der Waals surface area (Å²) in [7, 11) is 2.34. The third kappa shape index (κ3) is 5.43. The molecule has 0 saturated heterocycles. The summed E-state index contributed by atoms with van der Waals surface area (Å²) in [4.78, 5) is 0. The molecule has 2 nitrogen and oxygen atoms in total. The minimum Gasteiger partial charge on any atom is -0.376 e. The van der Waals surface area contributed by atoms with Crippen molar-refractivity contribution in [2.24, 2.45) is 0 Å². The minimum atomic E-state index is 0.397. The van der Waals surface area contributed by atoms with Crippen LogP contribution in [0.15, 0.2) is 60.7 Å². The summed E-state index contributed by atoms with van der Waals surface area (Å²) in [5.74, 6) is 0.397. The van der Waals surface area contributed by atoms with E-state index in [9.17, 15) is 0 Å². The Balaban J connectivity index is 1.93. The molecule has 0 atom stereocenters. The van der Waals surface area contributed by atoms with Crippen molar-refractivity contribution in [3.8, 4) is 0 Å². The quantitative estimate of drug-likeness (QED) is 0.405. The SMILES string of the molecule is CC(C)[N+](C)(CCOCCC(c1ccccc1)c1ccccc1)C(C)C. The number of ether oxygens (including phenoxy) is 1. The van der Waals surface area contributed by atoms with Crippen LogP contribution in [0, 0.1) is 0 Å². The maximum atomic E-state index is 6.09. The van der Waals surface area contributed by atoms with Crippen LogP contribution < -0.4 is 0 Å². The van der Waals surface area contributed by atoms with Crippen molar-refractivity contribution in [1.82, 2.24) is 0 Å². The molecule has 0 saturated carbocycles. The zero-order valence-corrected chi connectivity index (χ0v) is 17.2. The van der Waals surface area contributed by atoms with E-state index in [2.05, 4.69) is 95.4 Å². The van der Waals surface area contributed by atoms with Gasteiger partial charge in [-0.25, -0.2) is 0 Å². The average Bonchev–Trinajstić information content (AvgIpc) is 2.65. The van der Waals surface area contributed by atoms with Crippen molar-refractivity contribution in [1.29, 1.82) is 0 Å². The van der Waals surface area contributed by atoms with Gasteiger partial charge in [0.05, 0.1) is 25.7 Å². The van der Waals surface area contributed by atoms with E-state index >= 15 is 0 Å². The molecule has 2 aromatic carbocycles. The van der Waals surface area contributed by atoms with Gasteiger partial charge in [0.15, 0.2) is 0 Å². The molecule has 0 aliphatic carbocycles. The summed E-state index contributed by atoms with van der Waals surface area (Å²) >= 11 is 0. The molecule has 0 radical (unpaired) electrons. The number of hydrogen-bond donors (Lipinski definition) is 0. The topological polar surface area (TPSA) is 9.23 Å². The first-order chi connectivity index (χ1) is 12.4. The van der Waals surface area contributed by atoms with Gasteiger partial charge in [-0.3, -0.25) is 0 Å². The van der Waals surface area contributed by atoms with Gasteiger partial charge < -0.3 is 9.22 Å². The van der Waals surface area contributed by atoms with Gasteiger partial charge in [0.25, 0.3) is 0 Å². The van der Waals surface area contributed by atoms with Crippen LogP contribution in [0.3, 0.4) is 0 Å². The molecule has 0 amide bonds. The van der Waals surface area contributed by atoms with Crippen LogP contribution in [0.4, 0.5) is 0 Å². The molecule has 0 spiro atoms. The van der Waals surface area contributed by atoms with Crippen LogP contribution in [0.5, 0.6) is 0 Å². The second-order valence-electron chi connectivity index (χ2n) is 8.03. The summed E-state index contributed by atoms with van der Waals surface area (Å²) in [6, 6.07) is 22.8. The minimum absolute atomic E-state index is 0.397. The third-order valence-electron chi connectivity index (χ3n) is 6.03. The van der Waals surface area contributed by atoms with E-state index in [1.165, 1.54) is 11.1 Å². The Bertz CT molecular complexity index is 574. The second kappa shape index (κ2) is 9.89. The predicted molar refractivity (Wildman–Crippen MR) is 111 cm³/mol. The van der Waals surface area contributed by atoms with Crippen LogP contribution in [-0.2, 0) is 4.74 Å². The molecule has 0 N–H and O–H groups in total. The Labute approximate surface area is 160 Å². The molecule has 0 unspecified atom stereocenters. The van der Waals surface area contributed by atoms with Crippen LogP contribution in [0.25, 0.3) is 0 Å². The van der Waals surface area contributed by atoms with Gasteiger partial charge in [-0.1, -0.05) is 60.7 Å². The van der Waals surface area contributed by atoms with Gasteiger partial charge in [-0.15, -0.1) is 0 Å². The zero-order valence-electron chi connectivity index (χ0n) is 17.2. The van der Waals surface area contributed by atoms with Gasteiger partial charge >= 0.3 is 0 Å². The van der Waals surface area contributed by atoms with Gasteiger partial charge in [0.1, 0.15) is 6.54 Å². The molecule has 2 aromatic rings. The highest BCUT2D eigenvalue weighted by Gasteiger charge is 2.29. The van der Waals surface area contributed by atoms with Crippen LogP contribution in [0.2, 0.25) is 0 Å². The first-order valence-electron chi connectivity index (χ1n) is 9.97. The summed E-state index contributed by atoms with van der Waals surface area (Å²) < 4.78 is 7.14. The van der Waals surface area contributed by atoms with Crippen LogP contribution in [-0.4, -0.2) is 43.4 Å². The van der Waals surface area contributed by atoms with Crippen molar-refractivity contribution >= 4 is 0 Å². The fourth-order valence-electron chi connectivity index (χ4n) is 3.57. The summed E-state index contributed by atoms with van der Waals surface area (Å²) in [6.07, 6.45) is 1.01. The molecular formula is C24H36NO+.